The molecule has 5 heteroatoms. The molecule has 0 unspecified atom stereocenters. The summed E-state index contributed by atoms with van der Waals surface area (Å²) in [5.74, 6) is -0.769. The molecule has 2 nitrogen and oxygen atoms in total. The lowest BCUT2D eigenvalue weighted by atomic mass is 10.7. The molecule has 0 spiro atoms. The van der Waals surface area contributed by atoms with Gasteiger partial charge in [0.25, 0.3) is 0 Å². The molecule has 0 heterocycles. The molecule has 0 aromatic carbocycles. The van der Waals surface area contributed by atoms with Crippen LogP contribution in [0.15, 0.2) is 12.7 Å². The van der Waals surface area contributed by atoms with Gasteiger partial charge in [-0.15, -0.1) is 0 Å². The van der Waals surface area contributed by atoms with Crippen LogP contribution in [0.1, 0.15) is 0 Å². The maximum atomic E-state index is 10.2. The highest BCUT2D eigenvalue weighted by Gasteiger charge is 2.23. The fourth-order valence-electron chi connectivity index (χ4n) is 0.156. The van der Waals surface area contributed by atoms with Gasteiger partial charge in [-0.2, -0.15) is 0 Å². The van der Waals surface area contributed by atoms with Crippen LogP contribution in [0.5, 0.6) is 0 Å². The molecule has 0 aliphatic carbocycles. The fourth-order valence-corrected chi connectivity index (χ4v) is 0.384. The Bertz CT molecular complexity index is 126. The molecule has 0 amide bonds. The molecule has 52 valence electrons. The fraction of sp³-hybridized carbons (Fsp3) is 0.250. The molecular weight excluding hydrogens is 186 g/mol. The summed E-state index contributed by atoms with van der Waals surface area (Å²) < 4.78 is 2.15. The van der Waals surface area contributed by atoms with Crippen LogP contribution in [0.4, 0.5) is 0 Å². The minimum Gasteiger partial charge on any atom is -0.411 e. The van der Waals surface area contributed by atoms with E-state index in [-0.39, 0.29) is 0 Å². The van der Waals surface area contributed by atoms with Gasteiger partial charge in [0.05, 0.1) is 0 Å². The summed E-state index contributed by atoms with van der Waals surface area (Å²) in [6, 6.07) is 0. The Kier molecular flexibility index (Phi) is 3.33. The number of carbonyl (C=O) groups is 1. The van der Waals surface area contributed by atoms with E-state index in [0.717, 1.165) is 6.08 Å². The van der Waals surface area contributed by atoms with E-state index in [2.05, 4.69) is 11.3 Å². The number of ether oxygens (including phenoxy) is 1. The van der Waals surface area contributed by atoms with Crippen LogP contribution in [0.3, 0.4) is 0 Å². The highest BCUT2D eigenvalue weighted by atomic mass is 35.6. The summed E-state index contributed by atoms with van der Waals surface area (Å²) in [5.41, 5.74) is 0. The van der Waals surface area contributed by atoms with Crippen LogP contribution in [-0.4, -0.2) is 9.95 Å². The third-order valence-electron chi connectivity index (χ3n) is 0.383. The summed E-state index contributed by atoms with van der Waals surface area (Å²) >= 11 is 15.1. The standard InChI is InChI=1S/C4H3Cl3O2/c1-2-3(8)9-4(5,6)7/h2H,1H2. The Labute approximate surface area is 67.3 Å². The van der Waals surface area contributed by atoms with Crippen LogP contribution >= 0.6 is 34.8 Å². The molecular formula is C4H3Cl3O2. The van der Waals surface area contributed by atoms with Gasteiger partial charge in [0, 0.05) is 6.08 Å². The Balaban J connectivity index is 3.74. The van der Waals surface area contributed by atoms with Gasteiger partial charge in [-0.1, -0.05) is 6.58 Å². The van der Waals surface area contributed by atoms with Gasteiger partial charge in [-0.3, -0.25) is 0 Å². The molecule has 0 saturated carbocycles. The first-order chi connectivity index (χ1) is 3.95. The van der Waals surface area contributed by atoms with Crippen LogP contribution in [-0.2, 0) is 9.53 Å². The van der Waals surface area contributed by atoms with Crippen molar-refractivity contribution in [2.45, 2.75) is 3.98 Å². The van der Waals surface area contributed by atoms with Gasteiger partial charge < -0.3 is 4.74 Å². The molecule has 0 N–H and O–H groups in total. The van der Waals surface area contributed by atoms with Crippen molar-refractivity contribution in [2.75, 3.05) is 0 Å². The van der Waals surface area contributed by atoms with E-state index < -0.39 is 9.95 Å². The molecule has 0 aliphatic rings. The Hall–Kier alpha value is 0.0800. The van der Waals surface area contributed by atoms with Crippen LogP contribution in [0, 0.1) is 0 Å². The van der Waals surface area contributed by atoms with Crippen molar-refractivity contribution >= 4 is 40.8 Å². The number of esters is 1. The average Bonchev–Trinajstić information content (AvgIpc) is 1.62. The van der Waals surface area contributed by atoms with Gasteiger partial charge in [0.1, 0.15) is 0 Å². The van der Waals surface area contributed by atoms with Gasteiger partial charge in [0.2, 0.25) is 0 Å². The lowest BCUT2D eigenvalue weighted by Gasteiger charge is -2.08. The maximum Gasteiger partial charge on any atom is 0.341 e. The van der Waals surface area contributed by atoms with Gasteiger partial charge in [-0.25, -0.2) is 4.79 Å². The average molecular weight is 189 g/mol. The molecule has 9 heavy (non-hydrogen) atoms. The molecule has 0 aliphatic heterocycles. The predicted octanol–water partition coefficient (Wildman–Crippen LogP) is 2.04. The largest absolute Gasteiger partial charge is 0.411 e. The second-order valence-electron chi connectivity index (χ2n) is 1.07. The number of halogens is 3. The maximum absolute atomic E-state index is 10.2. The first kappa shape index (κ1) is 9.08. The lowest BCUT2D eigenvalue weighted by Crippen LogP contribution is -2.13. The van der Waals surface area contributed by atoms with E-state index in [1.807, 2.05) is 0 Å². The Morgan fingerprint density at radius 3 is 2.11 bits per heavy atom. The second kappa shape index (κ2) is 3.30. The van der Waals surface area contributed by atoms with Gasteiger partial charge in [0.15, 0.2) is 0 Å². The summed E-state index contributed by atoms with van der Waals surface area (Å²) in [6.45, 7) is 3.09. The van der Waals surface area contributed by atoms with E-state index in [9.17, 15) is 4.79 Å². The molecule has 0 aromatic heterocycles. The zero-order valence-corrected chi connectivity index (χ0v) is 6.50. The molecule has 0 rings (SSSR count). The highest BCUT2D eigenvalue weighted by Crippen LogP contribution is 2.27. The highest BCUT2D eigenvalue weighted by molar-refractivity contribution is 6.66. The topological polar surface area (TPSA) is 26.3 Å². The summed E-state index contributed by atoms with van der Waals surface area (Å²) in [7, 11) is 0. The van der Waals surface area contributed by atoms with Crippen molar-refractivity contribution in [3.05, 3.63) is 12.7 Å². The molecule has 0 radical (unpaired) electrons. The van der Waals surface area contributed by atoms with E-state index >= 15 is 0 Å². The smallest absolute Gasteiger partial charge is 0.341 e. The number of carbonyl (C=O) groups excluding carboxylic acids is 1. The third-order valence-corrected chi connectivity index (χ3v) is 0.614. The van der Waals surface area contributed by atoms with Crippen LogP contribution < -0.4 is 0 Å². The molecule has 0 atom stereocenters. The number of hydrogen-bond acceptors (Lipinski definition) is 2. The van der Waals surface area contributed by atoms with Crippen LogP contribution in [0.2, 0.25) is 0 Å². The third kappa shape index (κ3) is 5.96. The zero-order valence-electron chi connectivity index (χ0n) is 4.23. The lowest BCUT2D eigenvalue weighted by molar-refractivity contribution is -0.138. The van der Waals surface area contributed by atoms with Crippen molar-refractivity contribution in [3.8, 4) is 0 Å². The first-order valence-corrected chi connectivity index (χ1v) is 3.01. The molecule has 0 saturated heterocycles. The van der Waals surface area contributed by atoms with Gasteiger partial charge in [-0.05, 0) is 34.8 Å². The molecule has 0 aromatic rings. The van der Waals surface area contributed by atoms with Crippen molar-refractivity contribution in [1.29, 1.82) is 0 Å². The summed E-state index contributed by atoms with van der Waals surface area (Å²) in [5, 5.41) is 0. The predicted molar refractivity (Wildman–Crippen MR) is 36.6 cm³/mol. The van der Waals surface area contributed by atoms with Crippen LogP contribution in [0.25, 0.3) is 0 Å². The summed E-state index contributed by atoms with van der Waals surface area (Å²) in [4.78, 5) is 10.2. The van der Waals surface area contributed by atoms with Crippen molar-refractivity contribution < 1.29 is 9.53 Å². The quantitative estimate of drug-likeness (QED) is 0.358. The van der Waals surface area contributed by atoms with E-state index in [0.29, 0.717) is 0 Å². The van der Waals surface area contributed by atoms with E-state index in [1.165, 1.54) is 0 Å². The number of hydrogen-bond donors (Lipinski definition) is 0. The van der Waals surface area contributed by atoms with Gasteiger partial charge >= 0.3 is 9.95 Å². The van der Waals surface area contributed by atoms with E-state index in [1.54, 1.807) is 0 Å². The molecule has 0 fully saturated rings. The Morgan fingerprint density at radius 1 is 1.56 bits per heavy atom. The van der Waals surface area contributed by atoms with Crippen molar-refractivity contribution in [3.63, 3.8) is 0 Å². The van der Waals surface area contributed by atoms with Crippen molar-refractivity contribution in [2.24, 2.45) is 0 Å². The SMILES string of the molecule is C=CC(=O)OC(Cl)(Cl)Cl. The summed E-state index contributed by atoms with van der Waals surface area (Å²) in [6.07, 6.45) is 0.905. The number of rotatable bonds is 1. The number of alkyl halides is 3. The normalized spacial score (nSPS) is 10.6. The monoisotopic (exact) mass is 188 g/mol. The van der Waals surface area contributed by atoms with Crippen molar-refractivity contribution in [1.82, 2.24) is 0 Å². The zero-order chi connectivity index (χ0) is 7.49. The minimum atomic E-state index is -1.98. The molecule has 0 bridgehead atoms. The second-order valence-corrected chi connectivity index (χ2v) is 3.25. The van der Waals surface area contributed by atoms with E-state index in [4.69, 9.17) is 34.8 Å². The minimum absolute atomic E-state index is 0.769. The Morgan fingerprint density at radius 2 is 2.00 bits per heavy atom. The first-order valence-electron chi connectivity index (χ1n) is 1.88.